The van der Waals surface area contributed by atoms with Crippen molar-refractivity contribution in [2.45, 2.75) is 36.8 Å². The van der Waals surface area contributed by atoms with E-state index in [0.717, 1.165) is 5.69 Å². The van der Waals surface area contributed by atoms with Crippen molar-refractivity contribution < 1.29 is 14.3 Å². The maximum Gasteiger partial charge on any atom is 0.319 e. The highest BCUT2D eigenvalue weighted by atomic mass is 32.2. The number of ether oxygens (including phenoxy) is 2. The lowest BCUT2D eigenvalue weighted by molar-refractivity contribution is -0.140. The quantitative estimate of drug-likeness (QED) is 0.778. The smallest absolute Gasteiger partial charge is 0.319 e. The topological polar surface area (TPSA) is 79.1 Å². The van der Waals surface area contributed by atoms with Crippen LogP contribution in [-0.4, -0.2) is 44.1 Å². The molecular weight excluding hydrogens is 304 g/mol. The Morgan fingerprint density at radius 1 is 1.45 bits per heavy atom. The Balaban J connectivity index is 1.88. The van der Waals surface area contributed by atoms with Crippen LogP contribution in [-0.2, 0) is 9.53 Å². The SMILES string of the molecule is CCOc1ccccc1-n1nnnc1S[C@H]1C[C@H](C)OC1=O. The molecule has 1 fully saturated rings. The van der Waals surface area contributed by atoms with Gasteiger partial charge in [0.15, 0.2) is 0 Å². The van der Waals surface area contributed by atoms with E-state index in [4.69, 9.17) is 9.47 Å². The number of carbonyl (C=O) groups is 1. The Bertz CT molecular complexity index is 676. The number of para-hydroxylation sites is 2. The second-order valence-electron chi connectivity index (χ2n) is 4.86. The lowest BCUT2D eigenvalue weighted by atomic mass is 10.3. The van der Waals surface area contributed by atoms with Gasteiger partial charge in [0.25, 0.3) is 0 Å². The Hall–Kier alpha value is -2.09. The summed E-state index contributed by atoms with van der Waals surface area (Å²) in [5, 5.41) is 12.0. The molecule has 0 bridgehead atoms. The Labute approximate surface area is 132 Å². The number of cyclic esters (lactones) is 1. The number of aromatic nitrogens is 4. The van der Waals surface area contributed by atoms with Crippen molar-refractivity contribution >= 4 is 17.7 Å². The third-order valence-electron chi connectivity index (χ3n) is 3.21. The van der Waals surface area contributed by atoms with Crippen LogP contribution in [0.4, 0.5) is 0 Å². The van der Waals surface area contributed by atoms with Crippen LogP contribution in [0.1, 0.15) is 20.3 Å². The highest BCUT2D eigenvalue weighted by Gasteiger charge is 2.34. The molecule has 2 atom stereocenters. The normalized spacial score (nSPS) is 20.9. The standard InChI is InChI=1S/C14H16N4O3S/c1-3-20-11-7-5-4-6-10(11)18-14(15-16-17-18)22-12-8-9(2)21-13(12)19/h4-7,9,12H,3,8H2,1-2H3/t9-,12-/m0/s1. The molecule has 1 aliphatic rings. The van der Waals surface area contributed by atoms with Gasteiger partial charge in [-0.15, -0.1) is 5.10 Å². The van der Waals surface area contributed by atoms with E-state index in [2.05, 4.69) is 15.5 Å². The molecule has 0 N–H and O–H groups in total. The fourth-order valence-corrected chi connectivity index (χ4v) is 3.35. The van der Waals surface area contributed by atoms with Crippen LogP contribution in [0.2, 0.25) is 0 Å². The van der Waals surface area contributed by atoms with Gasteiger partial charge in [-0.2, -0.15) is 4.68 Å². The summed E-state index contributed by atoms with van der Waals surface area (Å²) < 4.78 is 12.4. The van der Waals surface area contributed by atoms with Crippen LogP contribution in [0.5, 0.6) is 5.75 Å². The minimum Gasteiger partial charge on any atom is -0.492 e. The molecule has 1 aliphatic heterocycles. The number of esters is 1. The van der Waals surface area contributed by atoms with Crippen LogP contribution < -0.4 is 4.74 Å². The van der Waals surface area contributed by atoms with Gasteiger partial charge in [0.1, 0.15) is 22.8 Å². The van der Waals surface area contributed by atoms with E-state index in [9.17, 15) is 4.79 Å². The van der Waals surface area contributed by atoms with Crippen molar-refractivity contribution in [1.29, 1.82) is 0 Å². The zero-order chi connectivity index (χ0) is 15.5. The molecule has 1 aromatic carbocycles. The van der Waals surface area contributed by atoms with Crippen molar-refractivity contribution in [2.75, 3.05) is 6.61 Å². The van der Waals surface area contributed by atoms with Crippen LogP contribution in [0.15, 0.2) is 29.4 Å². The number of benzene rings is 1. The Kier molecular flexibility index (Phi) is 4.28. The van der Waals surface area contributed by atoms with Crippen LogP contribution in [0.3, 0.4) is 0 Å². The average molecular weight is 320 g/mol. The highest BCUT2D eigenvalue weighted by molar-refractivity contribution is 8.00. The fourth-order valence-electron chi connectivity index (χ4n) is 2.26. The number of hydrogen-bond donors (Lipinski definition) is 0. The molecular formula is C14H16N4O3S. The molecule has 0 radical (unpaired) electrons. The first-order valence-corrected chi connectivity index (χ1v) is 7.94. The lowest BCUT2D eigenvalue weighted by Crippen LogP contribution is -2.11. The molecule has 0 saturated carbocycles. The van der Waals surface area contributed by atoms with Crippen molar-refractivity contribution in [1.82, 2.24) is 20.2 Å². The summed E-state index contributed by atoms with van der Waals surface area (Å²) in [5.41, 5.74) is 0.747. The van der Waals surface area contributed by atoms with E-state index >= 15 is 0 Å². The van der Waals surface area contributed by atoms with Gasteiger partial charge in [-0.25, -0.2) is 0 Å². The first-order chi connectivity index (χ1) is 10.7. The summed E-state index contributed by atoms with van der Waals surface area (Å²) in [6, 6.07) is 7.52. The van der Waals surface area contributed by atoms with Crippen LogP contribution in [0.25, 0.3) is 5.69 Å². The second kappa shape index (κ2) is 6.35. The number of rotatable bonds is 5. The highest BCUT2D eigenvalue weighted by Crippen LogP contribution is 2.33. The minimum absolute atomic E-state index is 0.0648. The van der Waals surface area contributed by atoms with Gasteiger partial charge in [0, 0.05) is 6.42 Å². The molecule has 2 heterocycles. The van der Waals surface area contributed by atoms with Crippen molar-refractivity contribution in [3.63, 3.8) is 0 Å². The summed E-state index contributed by atoms with van der Waals surface area (Å²) in [5.74, 6) is 0.478. The van der Waals surface area contributed by atoms with Crippen LogP contribution >= 0.6 is 11.8 Å². The van der Waals surface area contributed by atoms with Gasteiger partial charge >= 0.3 is 5.97 Å². The maximum absolute atomic E-state index is 11.8. The fraction of sp³-hybridized carbons (Fsp3) is 0.429. The third kappa shape index (κ3) is 2.92. The Morgan fingerprint density at radius 3 is 3.00 bits per heavy atom. The third-order valence-corrected chi connectivity index (χ3v) is 4.34. The summed E-state index contributed by atoms with van der Waals surface area (Å²) in [6.07, 6.45) is 0.591. The molecule has 0 spiro atoms. The zero-order valence-corrected chi connectivity index (χ0v) is 13.1. The van der Waals surface area contributed by atoms with E-state index < -0.39 is 0 Å². The zero-order valence-electron chi connectivity index (χ0n) is 12.3. The second-order valence-corrected chi connectivity index (χ2v) is 6.03. The van der Waals surface area contributed by atoms with E-state index in [0.29, 0.717) is 23.9 Å². The molecule has 2 aromatic rings. The van der Waals surface area contributed by atoms with E-state index in [1.165, 1.54) is 11.8 Å². The molecule has 0 unspecified atom stereocenters. The number of tetrazole rings is 1. The van der Waals surface area contributed by atoms with E-state index in [-0.39, 0.29) is 17.3 Å². The van der Waals surface area contributed by atoms with Crippen molar-refractivity contribution in [3.05, 3.63) is 24.3 Å². The number of thioether (sulfide) groups is 1. The molecule has 7 nitrogen and oxygen atoms in total. The van der Waals surface area contributed by atoms with Crippen molar-refractivity contribution in [3.8, 4) is 11.4 Å². The summed E-state index contributed by atoms with van der Waals surface area (Å²) in [6.45, 7) is 4.35. The predicted molar refractivity (Wildman–Crippen MR) is 80.1 cm³/mol. The molecule has 1 aromatic heterocycles. The minimum atomic E-state index is -0.279. The number of carbonyl (C=O) groups excluding carboxylic acids is 1. The van der Waals surface area contributed by atoms with Gasteiger partial charge in [-0.3, -0.25) is 4.79 Å². The average Bonchev–Trinajstić information content (AvgIpc) is 3.07. The van der Waals surface area contributed by atoms with E-state index in [1.54, 1.807) is 4.68 Å². The Morgan fingerprint density at radius 2 is 2.27 bits per heavy atom. The molecule has 0 aliphatic carbocycles. The van der Waals surface area contributed by atoms with Gasteiger partial charge in [0.05, 0.1) is 6.61 Å². The van der Waals surface area contributed by atoms with Gasteiger partial charge < -0.3 is 9.47 Å². The summed E-state index contributed by atoms with van der Waals surface area (Å²) in [4.78, 5) is 11.8. The molecule has 116 valence electrons. The molecule has 0 amide bonds. The first kappa shape index (κ1) is 14.8. The molecule has 1 saturated heterocycles. The molecule has 22 heavy (non-hydrogen) atoms. The maximum atomic E-state index is 11.8. The number of hydrogen-bond acceptors (Lipinski definition) is 7. The van der Waals surface area contributed by atoms with E-state index in [1.807, 2.05) is 38.1 Å². The van der Waals surface area contributed by atoms with Crippen LogP contribution in [0, 0.1) is 0 Å². The van der Waals surface area contributed by atoms with Gasteiger partial charge in [-0.05, 0) is 36.4 Å². The summed E-state index contributed by atoms with van der Waals surface area (Å²) in [7, 11) is 0. The van der Waals surface area contributed by atoms with Gasteiger partial charge in [-0.1, -0.05) is 23.9 Å². The first-order valence-electron chi connectivity index (χ1n) is 7.06. The molecule has 8 heteroatoms. The van der Waals surface area contributed by atoms with Gasteiger partial charge in [0.2, 0.25) is 5.16 Å². The largest absolute Gasteiger partial charge is 0.492 e. The monoisotopic (exact) mass is 320 g/mol. The lowest BCUT2D eigenvalue weighted by Gasteiger charge is -2.11. The molecule has 3 rings (SSSR count). The summed E-state index contributed by atoms with van der Waals surface area (Å²) >= 11 is 1.31. The predicted octanol–water partition coefficient (Wildman–Crippen LogP) is 1.86. The number of nitrogens with zero attached hydrogens (tertiary/aromatic N) is 4. The van der Waals surface area contributed by atoms with Crippen molar-refractivity contribution in [2.24, 2.45) is 0 Å².